The molecule has 7 aromatic carbocycles. The molecule has 5 atom stereocenters. The van der Waals surface area contributed by atoms with Crippen LogP contribution in [-0.4, -0.2) is 135 Å². The molecule has 6 aliphatic heterocycles. The van der Waals surface area contributed by atoms with E-state index in [0.29, 0.717) is 56.4 Å². The molecule has 28 heteroatoms. The molecule has 2 N–H and O–H groups in total. The predicted octanol–water partition coefficient (Wildman–Crippen LogP) is 18.5. The smallest absolute Gasteiger partial charge is 0.460 e. The molecule has 0 aliphatic carbocycles. The second kappa shape index (κ2) is 40.4. The molecular weight excluding hydrogens is 1940 g/mol. The number of benzene rings is 7. The van der Waals surface area contributed by atoms with Gasteiger partial charge in [-0.1, -0.05) is 164 Å². The number of carbonyl (C=O) groups excluding carboxylic acids is 9. The number of esters is 2. The zero-order valence-electron chi connectivity index (χ0n) is 63.5. The number of halogens is 8. The fraction of sp³-hybridized carbons (Fsp3) is 0.386. The summed E-state index contributed by atoms with van der Waals surface area (Å²) in [5.74, 6) is -1.85. The molecule has 6 heterocycles. The van der Waals surface area contributed by atoms with E-state index in [-0.39, 0.29) is 87.5 Å². The largest absolute Gasteiger partial charge is 0.494 e. The summed E-state index contributed by atoms with van der Waals surface area (Å²) in [4.78, 5) is 118. The minimum Gasteiger partial charge on any atom is -0.460 e. The highest BCUT2D eigenvalue weighted by atomic mass is 79.9. The van der Waals surface area contributed by atoms with Crippen molar-refractivity contribution in [3.8, 4) is 0 Å². The number of Topliss-reactive ketones (excluding diaryl/α,β-unsaturated/α-hetero) is 1. The molecule has 5 fully saturated rings. The Morgan fingerprint density at radius 3 is 1.20 bits per heavy atom. The van der Waals surface area contributed by atoms with Crippen LogP contribution in [0, 0.1) is 11.8 Å². The molecule has 590 valence electrons. The van der Waals surface area contributed by atoms with Crippen LogP contribution in [0.25, 0.3) is 0 Å². The number of ketones is 1. The number of anilines is 5. The number of hydrogen-bond donors (Lipinski definition) is 1. The Bertz CT molecular complexity index is 4340. The van der Waals surface area contributed by atoms with Gasteiger partial charge in [-0.25, -0.2) is 0 Å². The zero-order valence-corrected chi connectivity index (χ0v) is 76.2. The average Bonchev–Trinajstić information content (AvgIpc) is 1.61. The fourth-order valence-electron chi connectivity index (χ4n) is 12.4. The molecule has 0 aromatic heterocycles. The van der Waals surface area contributed by atoms with E-state index < -0.39 is 35.6 Å². The summed E-state index contributed by atoms with van der Waals surface area (Å²) in [7, 11) is -0.428. The van der Waals surface area contributed by atoms with E-state index >= 15 is 0 Å². The monoisotopic (exact) mass is 2020 g/mol. The minimum atomic E-state index is -0.735. The minimum absolute atomic E-state index is 0.00295. The number of carbonyl (C=O) groups is 9. The van der Waals surface area contributed by atoms with E-state index in [2.05, 4.69) is 127 Å². The molecule has 5 saturated heterocycles. The van der Waals surface area contributed by atoms with Crippen molar-refractivity contribution in [3.63, 3.8) is 0 Å². The van der Waals surface area contributed by atoms with Gasteiger partial charge in [-0.15, -0.1) is 0 Å². The number of fused-ring (bicyclic) bond motifs is 1. The van der Waals surface area contributed by atoms with Crippen LogP contribution in [0.15, 0.2) is 192 Å². The first-order chi connectivity index (χ1) is 52.2. The lowest BCUT2D eigenvalue weighted by Gasteiger charge is -2.32. The lowest BCUT2D eigenvalue weighted by molar-refractivity contribution is -0.157. The number of alkyl halides is 3. The van der Waals surface area contributed by atoms with Crippen LogP contribution < -0.4 is 30.8 Å². The van der Waals surface area contributed by atoms with Crippen molar-refractivity contribution in [2.45, 2.75) is 159 Å². The fourth-order valence-corrected chi connectivity index (χ4v) is 15.6. The Morgan fingerprint density at radius 1 is 0.495 bits per heavy atom. The summed E-state index contributed by atoms with van der Waals surface area (Å²) < 4.78 is 27.8. The number of ether oxygens (including phenoxy) is 2. The van der Waals surface area contributed by atoms with Crippen LogP contribution in [0.5, 0.6) is 0 Å². The van der Waals surface area contributed by atoms with E-state index in [9.17, 15) is 43.2 Å². The Hall–Kier alpha value is -6.21. The van der Waals surface area contributed by atoms with Crippen molar-refractivity contribution < 1.29 is 61.9 Å². The van der Waals surface area contributed by atoms with Gasteiger partial charge < -0.3 is 44.1 Å². The van der Waals surface area contributed by atoms with Crippen molar-refractivity contribution in [3.05, 3.63) is 209 Å². The number of nitrogen functional groups attached to an aromatic ring is 1. The summed E-state index contributed by atoms with van der Waals surface area (Å²) in [5.41, 5.74) is 10.5. The first kappa shape index (κ1) is 90.3. The third-order valence-electron chi connectivity index (χ3n) is 18.8. The number of imide groups is 1. The van der Waals surface area contributed by atoms with E-state index in [4.69, 9.17) is 24.5 Å². The van der Waals surface area contributed by atoms with Gasteiger partial charge in [0.25, 0.3) is 11.8 Å². The molecule has 0 bridgehead atoms. The molecule has 19 nitrogen and oxygen atoms in total. The first-order valence-corrected chi connectivity index (χ1v) is 43.2. The maximum atomic E-state index is 12.8. The summed E-state index contributed by atoms with van der Waals surface area (Å²) >= 11 is 26.8. The summed E-state index contributed by atoms with van der Waals surface area (Å²) in [5, 5.41) is 0.842. The lowest BCUT2D eigenvalue weighted by atomic mass is 9.79. The third kappa shape index (κ3) is 25.6. The van der Waals surface area contributed by atoms with Gasteiger partial charge in [-0.05, 0) is 246 Å². The second-order valence-corrected chi connectivity index (χ2v) is 37.6. The summed E-state index contributed by atoms with van der Waals surface area (Å²) in [6.45, 7) is 21.6. The summed E-state index contributed by atoms with van der Waals surface area (Å²) in [6, 6.07) is 51.8. The summed E-state index contributed by atoms with van der Waals surface area (Å²) in [6.07, 6.45) is 4.27. The van der Waals surface area contributed by atoms with Crippen LogP contribution in [0.3, 0.4) is 0 Å². The second-order valence-electron chi connectivity index (χ2n) is 30.0. The lowest BCUT2D eigenvalue weighted by Crippen LogP contribution is -2.45. The molecule has 13 rings (SSSR count). The molecule has 6 amide bonds. The van der Waals surface area contributed by atoms with Gasteiger partial charge >= 0.3 is 19.1 Å². The number of nitrogens with zero attached hydrogens (tertiary/aromatic N) is 5. The molecule has 0 spiro atoms. The SMILES string of the molecule is CC(C)(C)OC(=O)CC1CCN(c2ccc(B3OC(C)(C)C(C)(C)O3)cc2)C1=O.CC(C)(C)OC(=O)CC1CCN(c2ccc(Br)cc2)C1=O.Nc1ccc(Br)cc1.O=C(Cc1ccc(Br)cc1)C(Br)CCBr.O=C1C(Br)CCN1c1ccc(Br)cc1.O=C1C(N2C(=O)c3ccccc3C2=O)CCN1c1ccc(Br)cc1. The highest BCUT2D eigenvalue weighted by Gasteiger charge is 2.52. The van der Waals surface area contributed by atoms with E-state index in [0.717, 1.165) is 91.4 Å². The highest BCUT2D eigenvalue weighted by Crippen LogP contribution is 2.38. The van der Waals surface area contributed by atoms with E-state index in [1.807, 2.05) is 220 Å². The van der Waals surface area contributed by atoms with Crippen LogP contribution >= 0.6 is 127 Å². The molecule has 0 radical (unpaired) electrons. The van der Waals surface area contributed by atoms with Crippen LogP contribution in [0.1, 0.15) is 140 Å². The van der Waals surface area contributed by atoms with Gasteiger partial charge in [0.15, 0.2) is 5.78 Å². The van der Waals surface area contributed by atoms with Crippen molar-refractivity contribution >= 4 is 222 Å². The van der Waals surface area contributed by atoms with Crippen molar-refractivity contribution in [1.29, 1.82) is 0 Å². The Kier molecular flexibility index (Phi) is 32.9. The standard InChI is InChI=1S/C22H32BNO5.C18H13BrN2O3.C16H20BrNO3.C11H11Br3O.C10H9Br2NO.C6H6BrN/c1-20(2,3)27-18(25)14-15-12-13-24(19(15)26)17-10-8-16(9-11-17)23-28-21(4,5)22(6,7)29-23;19-11-5-7-12(8-6-11)20-10-9-15(18(20)24)21-16(22)13-3-1-2-4-14(13)17(21)23;1-16(2,3)21-14(19)10-11-8-9-18(15(11)20)13-6-4-12(17)5-7-13;12-6-5-10(14)11(15)7-8-1-3-9(13)4-2-8;11-7-1-3-8(4-2-7)13-6-5-9(12)10(13)14;7-5-1-3-6(8)4-2-5/h8-11,15H,12-14H2,1-7H3;1-8,15H,9-10H2;4-7,11H,8-10H2,1-3H3;1-4,10H,5-7H2;1-4,9H,5-6H2;1-4H,8H2. The maximum absolute atomic E-state index is 12.8. The third-order valence-corrected chi connectivity index (χ3v) is 23.7. The van der Waals surface area contributed by atoms with E-state index in [1.54, 1.807) is 39.0 Å². The van der Waals surface area contributed by atoms with Crippen molar-refractivity contribution in [1.82, 2.24) is 4.90 Å². The molecule has 0 saturated carbocycles. The van der Waals surface area contributed by atoms with Gasteiger partial charge in [0.1, 0.15) is 17.2 Å². The van der Waals surface area contributed by atoms with Gasteiger partial charge in [0, 0.05) is 88.7 Å². The van der Waals surface area contributed by atoms with E-state index in [1.165, 1.54) is 0 Å². The van der Waals surface area contributed by atoms with Gasteiger partial charge in [-0.2, -0.15) is 0 Å². The maximum Gasteiger partial charge on any atom is 0.494 e. The van der Waals surface area contributed by atoms with Crippen molar-refractivity contribution in [2.24, 2.45) is 11.8 Å². The van der Waals surface area contributed by atoms with Gasteiger partial charge in [0.2, 0.25) is 23.6 Å². The number of nitrogens with two attached hydrogens (primary N) is 1. The molecule has 7 aromatic rings. The topological polar surface area (TPSA) is 233 Å². The van der Waals surface area contributed by atoms with Gasteiger partial charge in [0.05, 0.1) is 56.7 Å². The quantitative estimate of drug-likeness (QED) is 0.0331. The van der Waals surface area contributed by atoms with Gasteiger partial charge in [-0.3, -0.25) is 48.1 Å². The van der Waals surface area contributed by atoms with Crippen LogP contribution in [-0.2, 0) is 58.8 Å². The Morgan fingerprint density at radius 2 is 0.838 bits per heavy atom. The first-order valence-electron chi connectivity index (χ1n) is 36.2. The van der Waals surface area contributed by atoms with Crippen LogP contribution in [0.2, 0.25) is 0 Å². The Balaban J connectivity index is 0.000000173. The highest BCUT2D eigenvalue weighted by molar-refractivity contribution is 9.11. The molecule has 5 unspecified atom stereocenters. The molecule has 6 aliphatic rings. The number of amides is 6. The average molecular weight is 2030 g/mol. The number of hydrogen-bond acceptors (Lipinski definition) is 14. The van der Waals surface area contributed by atoms with Crippen LogP contribution in [0.4, 0.5) is 28.4 Å². The Labute approximate surface area is 718 Å². The molecule has 111 heavy (non-hydrogen) atoms. The predicted molar refractivity (Wildman–Crippen MR) is 466 cm³/mol. The molecular formula is C83H91BBr8N6O13. The normalized spacial score (nSPS) is 19.2. The number of rotatable bonds is 15. The zero-order chi connectivity index (χ0) is 81.4. The van der Waals surface area contributed by atoms with Crippen molar-refractivity contribution in [2.75, 3.05) is 56.8 Å².